The van der Waals surface area contributed by atoms with Crippen molar-refractivity contribution in [3.63, 3.8) is 0 Å². The monoisotopic (exact) mass is 275 g/mol. The van der Waals surface area contributed by atoms with Crippen LogP contribution in [0.3, 0.4) is 0 Å². The number of ether oxygens (including phenoxy) is 1. The quantitative estimate of drug-likeness (QED) is 0.873. The lowest BCUT2D eigenvalue weighted by molar-refractivity contribution is 0.184. The Morgan fingerprint density at radius 3 is 2.53 bits per heavy atom. The molecule has 1 N–H and O–H groups in total. The number of aryl methyl sites for hydroxylation is 1. The predicted molar refractivity (Wildman–Crippen MR) is 80.7 cm³/mol. The Kier molecular flexibility index (Phi) is 4.83. The molecule has 0 bridgehead atoms. The third kappa shape index (κ3) is 3.72. The van der Waals surface area contributed by atoms with Gasteiger partial charge < -0.3 is 10.1 Å². The van der Waals surface area contributed by atoms with Gasteiger partial charge in [0.15, 0.2) is 0 Å². The van der Waals surface area contributed by atoms with Crippen molar-refractivity contribution in [2.75, 3.05) is 12.4 Å². The van der Waals surface area contributed by atoms with E-state index in [4.69, 9.17) is 16.3 Å². The van der Waals surface area contributed by atoms with E-state index in [2.05, 4.69) is 17.4 Å². The van der Waals surface area contributed by atoms with E-state index < -0.39 is 0 Å². The van der Waals surface area contributed by atoms with Gasteiger partial charge in [0.2, 0.25) is 0 Å². The maximum Gasteiger partial charge on any atom is 0.0716 e. The Morgan fingerprint density at radius 1 is 1.11 bits per heavy atom. The molecule has 19 heavy (non-hydrogen) atoms. The fraction of sp³-hybridized carbons (Fsp3) is 0.250. The Morgan fingerprint density at radius 2 is 1.84 bits per heavy atom. The van der Waals surface area contributed by atoms with Gasteiger partial charge >= 0.3 is 0 Å². The fourth-order valence-electron chi connectivity index (χ4n) is 1.93. The summed E-state index contributed by atoms with van der Waals surface area (Å²) in [5, 5.41) is 4.17. The molecule has 0 radical (unpaired) electrons. The van der Waals surface area contributed by atoms with Crippen molar-refractivity contribution < 1.29 is 4.74 Å². The first-order valence-corrected chi connectivity index (χ1v) is 6.64. The number of halogens is 1. The second-order valence-electron chi connectivity index (χ2n) is 4.52. The highest BCUT2D eigenvalue weighted by atomic mass is 35.5. The van der Waals surface area contributed by atoms with E-state index >= 15 is 0 Å². The van der Waals surface area contributed by atoms with Crippen LogP contribution in [-0.2, 0) is 17.9 Å². The van der Waals surface area contributed by atoms with E-state index in [-0.39, 0.29) is 0 Å². The largest absolute Gasteiger partial charge is 0.381 e. The summed E-state index contributed by atoms with van der Waals surface area (Å²) in [4.78, 5) is 0. The number of hydrogen-bond acceptors (Lipinski definition) is 2. The molecule has 100 valence electrons. The van der Waals surface area contributed by atoms with Crippen LogP contribution in [0.25, 0.3) is 0 Å². The maximum absolute atomic E-state index is 6.12. The fourth-order valence-corrected chi connectivity index (χ4v) is 2.11. The van der Waals surface area contributed by atoms with Crippen LogP contribution in [0.5, 0.6) is 0 Å². The minimum Gasteiger partial charge on any atom is -0.381 e. The van der Waals surface area contributed by atoms with Gasteiger partial charge in [-0.25, -0.2) is 0 Å². The molecule has 0 aliphatic carbocycles. The van der Waals surface area contributed by atoms with Gasteiger partial charge in [0.25, 0.3) is 0 Å². The molecule has 0 fully saturated rings. The summed E-state index contributed by atoms with van der Waals surface area (Å²) in [6, 6.07) is 14.3. The van der Waals surface area contributed by atoms with Gasteiger partial charge in [0.1, 0.15) is 0 Å². The van der Waals surface area contributed by atoms with E-state index in [0.717, 1.165) is 22.8 Å². The standard InChI is InChI=1S/C16H18ClNO/c1-12-7-8-15(9-16(12)17)18-10-13-5-3-4-6-14(13)11-19-2/h3-9,18H,10-11H2,1-2H3. The topological polar surface area (TPSA) is 21.3 Å². The molecule has 0 aromatic heterocycles. The molecule has 2 aromatic carbocycles. The van der Waals surface area contributed by atoms with E-state index in [1.807, 2.05) is 37.3 Å². The summed E-state index contributed by atoms with van der Waals surface area (Å²) in [7, 11) is 1.71. The molecule has 0 heterocycles. The molecule has 0 amide bonds. The van der Waals surface area contributed by atoms with Gasteiger partial charge in [-0.3, -0.25) is 0 Å². The molecule has 2 nitrogen and oxygen atoms in total. The SMILES string of the molecule is COCc1ccccc1CNc1ccc(C)c(Cl)c1. The van der Waals surface area contributed by atoms with Crippen LogP contribution in [0.2, 0.25) is 5.02 Å². The van der Waals surface area contributed by atoms with Crippen molar-refractivity contribution in [1.29, 1.82) is 0 Å². The maximum atomic E-state index is 6.12. The van der Waals surface area contributed by atoms with Gasteiger partial charge in [-0.2, -0.15) is 0 Å². The van der Waals surface area contributed by atoms with Gasteiger partial charge in [-0.15, -0.1) is 0 Å². The van der Waals surface area contributed by atoms with Crippen LogP contribution in [-0.4, -0.2) is 7.11 Å². The van der Waals surface area contributed by atoms with Crippen LogP contribution in [0.1, 0.15) is 16.7 Å². The molecule has 2 aromatic rings. The van der Waals surface area contributed by atoms with Crippen LogP contribution in [0, 0.1) is 6.92 Å². The van der Waals surface area contributed by atoms with Crippen LogP contribution < -0.4 is 5.32 Å². The zero-order chi connectivity index (χ0) is 13.7. The first kappa shape index (κ1) is 13.9. The van der Waals surface area contributed by atoms with E-state index in [9.17, 15) is 0 Å². The number of hydrogen-bond donors (Lipinski definition) is 1. The summed E-state index contributed by atoms with van der Waals surface area (Å²) in [5.41, 5.74) is 4.56. The van der Waals surface area contributed by atoms with Crippen molar-refractivity contribution >= 4 is 17.3 Å². The smallest absolute Gasteiger partial charge is 0.0716 e. The van der Waals surface area contributed by atoms with E-state index in [1.54, 1.807) is 7.11 Å². The molecule has 0 saturated heterocycles. The highest BCUT2D eigenvalue weighted by molar-refractivity contribution is 6.31. The molecular formula is C16H18ClNO. The Balaban J connectivity index is 2.07. The van der Waals surface area contributed by atoms with Crippen LogP contribution in [0.15, 0.2) is 42.5 Å². The highest BCUT2D eigenvalue weighted by Crippen LogP contribution is 2.21. The van der Waals surface area contributed by atoms with Crippen LogP contribution in [0.4, 0.5) is 5.69 Å². The first-order valence-electron chi connectivity index (χ1n) is 6.26. The molecule has 0 unspecified atom stereocenters. The third-order valence-electron chi connectivity index (χ3n) is 3.07. The second-order valence-corrected chi connectivity index (χ2v) is 4.93. The highest BCUT2D eigenvalue weighted by Gasteiger charge is 2.02. The van der Waals surface area contributed by atoms with E-state index in [0.29, 0.717) is 6.61 Å². The average molecular weight is 276 g/mol. The van der Waals surface area contributed by atoms with E-state index in [1.165, 1.54) is 11.1 Å². The number of nitrogens with one attached hydrogen (secondary N) is 1. The molecule has 0 aliphatic heterocycles. The van der Waals surface area contributed by atoms with Crippen molar-refractivity contribution in [3.8, 4) is 0 Å². The van der Waals surface area contributed by atoms with Crippen molar-refractivity contribution in [2.45, 2.75) is 20.1 Å². The zero-order valence-corrected chi connectivity index (χ0v) is 12.0. The Hall–Kier alpha value is -1.51. The summed E-state index contributed by atoms with van der Waals surface area (Å²) < 4.78 is 5.21. The molecule has 0 spiro atoms. The number of rotatable bonds is 5. The summed E-state index contributed by atoms with van der Waals surface area (Å²) in [6.45, 7) is 3.39. The molecule has 2 rings (SSSR count). The molecule has 3 heteroatoms. The second kappa shape index (κ2) is 6.60. The van der Waals surface area contributed by atoms with Crippen molar-refractivity contribution in [2.24, 2.45) is 0 Å². The van der Waals surface area contributed by atoms with Gasteiger partial charge in [-0.1, -0.05) is 41.9 Å². The molecular weight excluding hydrogens is 258 g/mol. The summed E-state index contributed by atoms with van der Waals surface area (Å²) in [5.74, 6) is 0. The average Bonchev–Trinajstić information content (AvgIpc) is 2.42. The summed E-state index contributed by atoms with van der Waals surface area (Å²) in [6.07, 6.45) is 0. The van der Waals surface area contributed by atoms with Crippen LogP contribution >= 0.6 is 11.6 Å². The summed E-state index contributed by atoms with van der Waals surface area (Å²) >= 11 is 6.12. The number of benzene rings is 2. The first-order chi connectivity index (χ1) is 9.20. The number of anilines is 1. The zero-order valence-electron chi connectivity index (χ0n) is 11.2. The lowest BCUT2D eigenvalue weighted by Gasteiger charge is -2.11. The van der Waals surface area contributed by atoms with Gasteiger partial charge in [0, 0.05) is 24.4 Å². The van der Waals surface area contributed by atoms with Gasteiger partial charge in [-0.05, 0) is 35.7 Å². The Labute approximate surface area is 119 Å². The number of methoxy groups -OCH3 is 1. The molecule has 0 aliphatic rings. The van der Waals surface area contributed by atoms with Crippen molar-refractivity contribution in [1.82, 2.24) is 0 Å². The predicted octanol–water partition coefficient (Wildman–Crippen LogP) is 4.41. The molecule has 0 saturated carbocycles. The normalized spacial score (nSPS) is 10.5. The lowest BCUT2D eigenvalue weighted by atomic mass is 10.1. The lowest BCUT2D eigenvalue weighted by Crippen LogP contribution is -2.03. The van der Waals surface area contributed by atoms with Crippen molar-refractivity contribution in [3.05, 3.63) is 64.2 Å². The minimum atomic E-state index is 0.631. The minimum absolute atomic E-state index is 0.631. The Bertz CT molecular complexity index is 554. The van der Waals surface area contributed by atoms with Gasteiger partial charge in [0.05, 0.1) is 6.61 Å². The molecule has 0 atom stereocenters. The third-order valence-corrected chi connectivity index (χ3v) is 3.48.